The maximum absolute atomic E-state index is 14.1. The van der Waals surface area contributed by atoms with E-state index in [1.165, 1.54) is 36.4 Å². The van der Waals surface area contributed by atoms with E-state index in [0.717, 1.165) is 0 Å². The van der Waals surface area contributed by atoms with Crippen LogP contribution in [0.3, 0.4) is 0 Å². The molecule has 0 aliphatic heterocycles. The van der Waals surface area contributed by atoms with Crippen LogP contribution in [0.15, 0.2) is 115 Å². The Morgan fingerprint density at radius 3 is 1.64 bits per heavy atom. The number of rotatable bonds is 9. The van der Waals surface area contributed by atoms with Crippen LogP contribution in [0.4, 0.5) is 0 Å². The van der Waals surface area contributed by atoms with E-state index in [1.54, 1.807) is 78.9 Å². The minimum Gasteiger partial charge on any atom is -0.504 e. The number of benzene rings is 5. The predicted molar refractivity (Wildman–Crippen MR) is 161 cm³/mol. The number of carbonyl (C=O) groups is 4. The van der Waals surface area contributed by atoms with Crippen LogP contribution in [-0.4, -0.2) is 33.7 Å². The standard InChI is InChI=1S/C35H23ClO8/c36-25-18-10-11-21(19-25)20-43-35(42)26-27(29(37)22-12-4-1-5-13-22)31(39)32(40)33(44-34(41)24-16-8-3-9-17-24)28(26)30(38)23-14-6-2-7-15-23/h1-19,39-40H,20H2. The topological polar surface area (TPSA) is 127 Å². The zero-order chi connectivity index (χ0) is 31.2. The molecule has 5 aromatic rings. The van der Waals surface area contributed by atoms with Gasteiger partial charge in [-0.3, -0.25) is 9.59 Å². The molecule has 0 fully saturated rings. The summed E-state index contributed by atoms with van der Waals surface area (Å²) in [5, 5.41) is 22.8. The normalized spacial score (nSPS) is 10.6. The van der Waals surface area contributed by atoms with Crippen molar-refractivity contribution in [3.63, 3.8) is 0 Å². The van der Waals surface area contributed by atoms with E-state index in [0.29, 0.717) is 10.6 Å². The highest BCUT2D eigenvalue weighted by molar-refractivity contribution is 6.30. The highest BCUT2D eigenvalue weighted by Gasteiger charge is 2.37. The first-order valence-electron chi connectivity index (χ1n) is 13.3. The summed E-state index contributed by atoms with van der Waals surface area (Å²) < 4.78 is 11.0. The summed E-state index contributed by atoms with van der Waals surface area (Å²) in [5.41, 5.74) is -1.42. The molecule has 0 unspecified atom stereocenters. The third-order valence-corrected chi connectivity index (χ3v) is 6.83. The smallest absolute Gasteiger partial charge is 0.343 e. The second kappa shape index (κ2) is 13.1. The minimum atomic E-state index is -1.20. The van der Waals surface area contributed by atoms with Gasteiger partial charge < -0.3 is 19.7 Å². The lowest BCUT2D eigenvalue weighted by Gasteiger charge is -2.20. The monoisotopic (exact) mass is 606 g/mol. The van der Waals surface area contributed by atoms with E-state index in [4.69, 9.17) is 21.1 Å². The molecule has 5 rings (SSSR count). The van der Waals surface area contributed by atoms with Crippen molar-refractivity contribution in [3.05, 3.63) is 159 Å². The fourth-order valence-corrected chi connectivity index (χ4v) is 4.70. The van der Waals surface area contributed by atoms with Gasteiger partial charge in [-0.25, -0.2) is 9.59 Å². The molecule has 0 aliphatic carbocycles. The first kappa shape index (κ1) is 29.8. The summed E-state index contributed by atoms with van der Waals surface area (Å²) in [5.74, 6) is -6.94. The van der Waals surface area contributed by atoms with Gasteiger partial charge in [0.05, 0.1) is 22.3 Å². The van der Waals surface area contributed by atoms with Crippen molar-refractivity contribution >= 4 is 35.1 Å². The summed E-state index contributed by atoms with van der Waals surface area (Å²) in [7, 11) is 0. The molecule has 0 aliphatic rings. The molecule has 0 aromatic heterocycles. The lowest BCUT2D eigenvalue weighted by molar-refractivity contribution is 0.0464. The van der Waals surface area contributed by atoms with Crippen LogP contribution < -0.4 is 4.74 Å². The lowest BCUT2D eigenvalue weighted by atomic mass is 9.88. The third kappa shape index (κ3) is 6.21. The molecule has 0 amide bonds. The number of hydrogen-bond donors (Lipinski definition) is 2. The SMILES string of the molecule is O=C(Oc1c(O)c(O)c(C(=O)c2ccccc2)c(C(=O)OCc2cccc(Cl)c2)c1C(=O)c1ccccc1)c1ccccc1. The summed E-state index contributed by atoms with van der Waals surface area (Å²) in [6, 6.07) is 29.5. The maximum atomic E-state index is 14.1. The number of aromatic hydroxyl groups is 2. The molecule has 0 saturated heterocycles. The Morgan fingerprint density at radius 2 is 1.09 bits per heavy atom. The fraction of sp³-hybridized carbons (Fsp3) is 0.0286. The van der Waals surface area contributed by atoms with Crippen LogP contribution >= 0.6 is 11.6 Å². The highest BCUT2D eigenvalue weighted by atomic mass is 35.5. The lowest BCUT2D eigenvalue weighted by Crippen LogP contribution is -2.21. The Labute approximate surface area is 256 Å². The van der Waals surface area contributed by atoms with E-state index < -0.39 is 57.4 Å². The second-order valence-electron chi connectivity index (χ2n) is 9.50. The van der Waals surface area contributed by atoms with Crippen molar-refractivity contribution in [1.82, 2.24) is 0 Å². The Kier molecular flexibility index (Phi) is 8.83. The molecule has 0 spiro atoms. The van der Waals surface area contributed by atoms with Crippen LogP contribution in [0.2, 0.25) is 5.02 Å². The molecular weight excluding hydrogens is 584 g/mol. The molecule has 2 N–H and O–H groups in total. The van der Waals surface area contributed by atoms with Crippen molar-refractivity contribution in [3.8, 4) is 17.2 Å². The van der Waals surface area contributed by atoms with E-state index in [2.05, 4.69) is 0 Å². The average Bonchev–Trinajstić information content (AvgIpc) is 3.06. The van der Waals surface area contributed by atoms with Gasteiger partial charge in [0.15, 0.2) is 23.1 Å². The Bertz CT molecular complexity index is 1870. The van der Waals surface area contributed by atoms with E-state index >= 15 is 0 Å². The molecule has 0 atom stereocenters. The van der Waals surface area contributed by atoms with E-state index in [-0.39, 0.29) is 23.3 Å². The number of carbonyl (C=O) groups excluding carboxylic acids is 4. The Morgan fingerprint density at radius 1 is 0.568 bits per heavy atom. The first-order valence-corrected chi connectivity index (χ1v) is 13.6. The average molecular weight is 607 g/mol. The summed E-state index contributed by atoms with van der Waals surface area (Å²) >= 11 is 6.07. The molecule has 44 heavy (non-hydrogen) atoms. The van der Waals surface area contributed by atoms with Gasteiger partial charge in [0.1, 0.15) is 6.61 Å². The summed E-state index contributed by atoms with van der Waals surface area (Å²) in [6.07, 6.45) is 0. The molecule has 0 saturated carbocycles. The maximum Gasteiger partial charge on any atom is 0.343 e. The quantitative estimate of drug-likeness (QED) is 0.0812. The summed E-state index contributed by atoms with van der Waals surface area (Å²) in [4.78, 5) is 54.9. The van der Waals surface area contributed by atoms with E-state index in [1.807, 2.05) is 0 Å². The number of hydrogen-bond acceptors (Lipinski definition) is 8. The molecule has 0 heterocycles. The van der Waals surface area contributed by atoms with E-state index in [9.17, 15) is 29.4 Å². The highest BCUT2D eigenvalue weighted by Crippen LogP contribution is 2.46. The number of esters is 2. The molecular formula is C35H23ClO8. The second-order valence-corrected chi connectivity index (χ2v) is 9.94. The van der Waals surface area contributed by atoms with Crippen LogP contribution in [0.25, 0.3) is 0 Å². The van der Waals surface area contributed by atoms with Gasteiger partial charge in [-0.1, -0.05) is 103 Å². The van der Waals surface area contributed by atoms with Crippen LogP contribution in [-0.2, 0) is 11.3 Å². The van der Waals surface area contributed by atoms with Crippen molar-refractivity contribution in [2.24, 2.45) is 0 Å². The van der Waals surface area contributed by atoms with Gasteiger partial charge in [-0.2, -0.15) is 0 Å². The minimum absolute atomic E-state index is 0.0385. The largest absolute Gasteiger partial charge is 0.504 e. The molecule has 0 bridgehead atoms. The van der Waals surface area contributed by atoms with Gasteiger partial charge in [-0.15, -0.1) is 0 Å². The van der Waals surface area contributed by atoms with Crippen molar-refractivity contribution < 1.29 is 38.9 Å². The van der Waals surface area contributed by atoms with Crippen LogP contribution in [0.1, 0.15) is 58.1 Å². The van der Waals surface area contributed by atoms with Gasteiger partial charge in [0.2, 0.25) is 5.75 Å². The zero-order valence-corrected chi connectivity index (χ0v) is 23.7. The number of ether oxygens (including phenoxy) is 2. The zero-order valence-electron chi connectivity index (χ0n) is 22.9. The molecule has 218 valence electrons. The number of phenols is 2. The number of ketones is 2. The fourth-order valence-electron chi connectivity index (χ4n) is 4.48. The van der Waals surface area contributed by atoms with Crippen molar-refractivity contribution in [2.75, 3.05) is 0 Å². The van der Waals surface area contributed by atoms with Gasteiger partial charge in [0.25, 0.3) is 0 Å². The van der Waals surface area contributed by atoms with Gasteiger partial charge >= 0.3 is 11.9 Å². The molecule has 5 aromatic carbocycles. The van der Waals surface area contributed by atoms with Crippen molar-refractivity contribution in [2.45, 2.75) is 6.61 Å². The Balaban J connectivity index is 1.75. The van der Waals surface area contributed by atoms with Gasteiger partial charge in [0, 0.05) is 16.1 Å². The third-order valence-electron chi connectivity index (χ3n) is 6.60. The number of halogens is 1. The molecule has 8 nitrogen and oxygen atoms in total. The Hall–Kier alpha value is -5.73. The summed E-state index contributed by atoms with van der Waals surface area (Å²) in [6.45, 7) is -0.321. The first-order chi connectivity index (χ1) is 21.3. The number of phenolic OH excluding ortho intramolecular Hbond substituents is 2. The van der Waals surface area contributed by atoms with Crippen LogP contribution in [0, 0.1) is 0 Å². The van der Waals surface area contributed by atoms with Crippen LogP contribution in [0.5, 0.6) is 17.2 Å². The van der Waals surface area contributed by atoms with Crippen molar-refractivity contribution in [1.29, 1.82) is 0 Å². The molecule has 9 heteroatoms. The molecule has 0 radical (unpaired) electrons. The van der Waals surface area contributed by atoms with Gasteiger partial charge in [-0.05, 0) is 29.8 Å². The predicted octanol–water partition coefficient (Wildman–Crippen LogP) is 6.79.